The topological polar surface area (TPSA) is 68.3 Å². The number of amides is 2. The van der Waals surface area contributed by atoms with E-state index in [2.05, 4.69) is 30.3 Å². The summed E-state index contributed by atoms with van der Waals surface area (Å²) in [5.41, 5.74) is 5.28. The average molecular weight is 597 g/mol. The summed E-state index contributed by atoms with van der Waals surface area (Å²) in [7, 11) is 1.68. The van der Waals surface area contributed by atoms with E-state index in [4.69, 9.17) is 14.2 Å². The Morgan fingerprint density at radius 1 is 0.886 bits per heavy atom. The first-order valence-electron chi connectivity index (χ1n) is 15.6. The Kier molecular flexibility index (Phi) is 10.1. The van der Waals surface area contributed by atoms with E-state index in [1.807, 2.05) is 74.2 Å². The van der Waals surface area contributed by atoms with Crippen molar-refractivity contribution in [2.24, 2.45) is 0 Å². The van der Waals surface area contributed by atoms with Gasteiger partial charge in [0.25, 0.3) is 5.91 Å². The average Bonchev–Trinajstić information content (AvgIpc) is 3.87. The molecule has 5 rings (SSSR count). The highest BCUT2D eigenvalue weighted by molar-refractivity contribution is 6.03. The molecular weight excluding hydrogens is 552 g/mol. The molecule has 0 saturated heterocycles. The van der Waals surface area contributed by atoms with E-state index in [0.717, 1.165) is 52.8 Å². The van der Waals surface area contributed by atoms with E-state index in [1.54, 1.807) is 12.0 Å². The smallest absolute Gasteiger partial charge is 0.410 e. The Morgan fingerprint density at radius 3 is 2.34 bits per heavy atom. The van der Waals surface area contributed by atoms with Crippen molar-refractivity contribution in [2.75, 3.05) is 33.4 Å². The number of carbonyl (C=O) groups is 2. The number of benzene rings is 3. The Balaban J connectivity index is 1.46. The minimum atomic E-state index is -0.619. The third-order valence-electron chi connectivity index (χ3n) is 7.83. The predicted molar refractivity (Wildman–Crippen MR) is 173 cm³/mol. The van der Waals surface area contributed by atoms with E-state index in [0.29, 0.717) is 38.3 Å². The van der Waals surface area contributed by atoms with Crippen LogP contribution in [0.3, 0.4) is 0 Å². The van der Waals surface area contributed by atoms with Crippen molar-refractivity contribution in [3.63, 3.8) is 0 Å². The third-order valence-corrected chi connectivity index (χ3v) is 7.83. The third kappa shape index (κ3) is 8.29. The van der Waals surface area contributed by atoms with E-state index in [-0.39, 0.29) is 18.5 Å². The highest BCUT2D eigenvalue weighted by Crippen LogP contribution is 2.36. The van der Waals surface area contributed by atoms with Crippen molar-refractivity contribution in [1.82, 2.24) is 9.80 Å². The van der Waals surface area contributed by atoms with Crippen molar-refractivity contribution in [1.29, 1.82) is 0 Å². The number of ether oxygens (including phenoxy) is 3. The van der Waals surface area contributed by atoms with Crippen LogP contribution < -0.4 is 4.74 Å². The van der Waals surface area contributed by atoms with Gasteiger partial charge >= 0.3 is 6.09 Å². The Labute approximate surface area is 261 Å². The maximum Gasteiger partial charge on any atom is 0.410 e. The Hall–Kier alpha value is -4.10. The van der Waals surface area contributed by atoms with Gasteiger partial charge in [0.2, 0.25) is 0 Å². The van der Waals surface area contributed by atoms with Crippen molar-refractivity contribution in [3.05, 3.63) is 95.6 Å². The quantitative estimate of drug-likeness (QED) is 0.217. The van der Waals surface area contributed by atoms with Gasteiger partial charge in [0.05, 0.1) is 13.2 Å². The van der Waals surface area contributed by atoms with Crippen LogP contribution in [0.4, 0.5) is 4.79 Å². The highest BCUT2D eigenvalue weighted by Gasteiger charge is 2.38. The minimum Gasteiger partial charge on any atom is -0.493 e. The molecular formula is C37H44N2O5. The van der Waals surface area contributed by atoms with E-state index in [9.17, 15) is 9.59 Å². The fourth-order valence-corrected chi connectivity index (χ4v) is 5.53. The van der Waals surface area contributed by atoms with E-state index in [1.165, 1.54) is 0 Å². The van der Waals surface area contributed by atoms with Gasteiger partial charge < -0.3 is 24.0 Å². The zero-order chi connectivity index (χ0) is 31.1. The molecule has 1 saturated carbocycles. The first-order valence-corrected chi connectivity index (χ1v) is 15.6. The number of hydrogen-bond donors (Lipinski definition) is 0. The van der Waals surface area contributed by atoms with Crippen LogP contribution in [0, 0.1) is 0 Å². The van der Waals surface area contributed by atoms with Gasteiger partial charge in [-0.1, -0.05) is 60.7 Å². The fourth-order valence-electron chi connectivity index (χ4n) is 5.53. The molecule has 1 fully saturated rings. The zero-order valence-corrected chi connectivity index (χ0v) is 26.4. The van der Waals surface area contributed by atoms with Crippen molar-refractivity contribution in [2.45, 2.75) is 64.6 Å². The second-order valence-corrected chi connectivity index (χ2v) is 12.6. The molecule has 0 atom stereocenters. The van der Waals surface area contributed by atoms with Crippen LogP contribution in [0.1, 0.15) is 57.6 Å². The number of carbonyl (C=O) groups excluding carboxylic acids is 2. The molecule has 1 aliphatic heterocycles. The van der Waals surface area contributed by atoms with E-state index < -0.39 is 11.7 Å². The SMILES string of the molecule is COCCCOc1cccc(CN(C(=O)C2=C(c3cccc(-c4ccccc4)c3)CCN(C(=O)OC(C)(C)C)C2)C2CC2)c1. The van der Waals surface area contributed by atoms with Crippen molar-refractivity contribution in [3.8, 4) is 16.9 Å². The number of nitrogens with zero attached hydrogens (tertiary/aromatic N) is 2. The molecule has 1 aliphatic carbocycles. The van der Waals surface area contributed by atoms with Crippen LogP contribution in [0.2, 0.25) is 0 Å². The lowest BCUT2D eigenvalue weighted by molar-refractivity contribution is -0.128. The fraction of sp³-hybridized carbons (Fsp3) is 0.405. The van der Waals surface area contributed by atoms with Gasteiger partial charge in [-0.3, -0.25) is 4.79 Å². The molecule has 232 valence electrons. The maximum atomic E-state index is 14.5. The minimum absolute atomic E-state index is 0.0210. The predicted octanol–water partition coefficient (Wildman–Crippen LogP) is 7.35. The highest BCUT2D eigenvalue weighted by atomic mass is 16.6. The van der Waals surface area contributed by atoms with Crippen molar-refractivity contribution < 1.29 is 23.8 Å². The summed E-state index contributed by atoms with van der Waals surface area (Å²) >= 11 is 0. The standard InChI is InChI=1S/C37H44N2O5/c1-37(2,3)44-36(41)38-20-19-33(30-15-9-14-29(24-30)28-12-6-5-7-13-28)34(26-38)35(40)39(31-17-18-31)25-27-11-8-16-32(23-27)43-22-10-21-42-4/h5-9,11-16,23-24,31H,10,17-22,25-26H2,1-4H3. The largest absolute Gasteiger partial charge is 0.493 e. The molecule has 7 heteroatoms. The van der Waals surface area contributed by atoms with Crippen LogP contribution >= 0.6 is 0 Å². The Morgan fingerprint density at radius 2 is 1.61 bits per heavy atom. The molecule has 44 heavy (non-hydrogen) atoms. The van der Waals surface area contributed by atoms with Crippen LogP contribution in [0.5, 0.6) is 5.75 Å². The van der Waals surface area contributed by atoms with Gasteiger partial charge in [-0.2, -0.15) is 0 Å². The molecule has 2 amide bonds. The van der Waals surface area contributed by atoms with Gasteiger partial charge in [0.15, 0.2) is 0 Å². The lowest BCUT2D eigenvalue weighted by atomic mass is 9.90. The van der Waals surface area contributed by atoms with Gasteiger partial charge in [-0.15, -0.1) is 0 Å². The van der Waals surface area contributed by atoms with Gasteiger partial charge in [0, 0.05) is 44.8 Å². The molecule has 0 radical (unpaired) electrons. The first kappa shape index (κ1) is 31.3. The van der Waals surface area contributed by atoms with Crippen LogP contribution in [-0.4, -0.2) is 66.9 Å². The van der Waals surface area contributed by atoms with E-state index >= 15 is 0 Å². The molecule has 0 aromatic heterocycles. The molecule has 1 heterocycles. The second-order valence-electron chi connectivity index (χ2n) is 12.6. The molecule has 3 aromatic rings. The molecule has 0 spiro atoms. The summed E-state index contributed by atoms with van der Waals surface area (Å²) < 4.78 is 16.8. The summed E-state index contributed by atoms with van der Waals surface area (Å²) in [5.74, 6) is 0.764. The molecule has 3 aromatic carbocycles. The second kappa shape index (κ2) is 14.1. The first-order chi connectivity index (χ1) is 21.2. The number of methoxy groups -OCH3 is 1. The molecule has 7 nitrogen and oxygen atoms in total. The summed E-state index contributed by atoms with van der Waals surface area (Å²) in [6.45, 7) is 7.99. The van der Waals surface area contributed by atoms with Crippen LogP contribution in [0.15, 0.2) is 84.4 Å². The maximum absolute atomic E-state index is 14.5. The van der Waals surface area contributed by atoms with Gasteiger partial charge in [-0.05, 0) is 86.1 Å². The van der Waals surface area contributed by atoms with Crippen molar-refractivity contribution >= 4 is 17.6 Å². The molecule has 0 bridgehead atoms. The number of hydrogen-bond acceptors (Lipinski definition) is 5. The monoisotopic (exact) mass is 596 g/mol. The summed E-state index contributed by atoms with van der Waals surface area (Å²) in [4.78, 5) is 31.4. The summed E-state index contributed by atoms with van der Waals surface area (Å²) in [5, 5.41) is 0. The molecule has 2 aliphatic rings. The number of rotatable bonds is 11. The molecule has 0 N–H and O–H groups in total. The zero-order valence-electron chi connectivity index (χ0n) is 26.4. The van der Waals surface area contributed by atoms with Crippen LogP contribution in [0.25, 0.3) is 16.7 Å². The summed E-state index contributed by atoms with van der Waals surface area (Å²) in [6, 6.07) is 26.8. The van der Waals surface area contributed by atoms with Gasteiger partial charge in [0.1, 0.15) is 11.4 Å². The van der Waals surface area contributed by atoms with Gasteiger partial charge in [-0.25, -0.2) is 4.79 Å². The lowest BCUT2D eigenvalue weighted by Gasteiger charge is -2.34. The Bertz CT molecular complexity index is 1470. The molecule has 0 unspecified atom stereocenters. The summed E-state index contributed by atoms with van der Waals surface area (Å²) in [6.07, 6.45) is 2.93. The normalized spacial score (nSPS) is 15.2. The van der Waals surface area contributed by atoms with Crippen LogP contribution in [-0.2, 0) is 20.8 Å². The lowest BCUT2D eigenvalue weighted by Crippen LogP contribution is -2.44.